The third-order valence-electron chi connectivity index (χ3n) is 2.64. The van der Waals surface area contributed by atoms with Crippen molar-refractivity contribution in [2.75, 3.05) is 13.2 Å². The third-order valence-corrected chi connectivity index (χ3v) is 2.64. The lowest BCUT2D eigenvalue weighted by Crippen LogP contribution is -2.36. The molecule has 1 aromatic rings. The maximum absolute atomic E-state index is 6.03. The second kappa shape index (κ2) is 3.90. The van der Waals surface area contributed by atoms with E-state index in [9.17, 15) is 0 Å². The fourth-order valence-electron chi connectivity index (χ4n) is 1.80. The minimum atomic E-state index is 0.260. The van der Waals surface area contributed by atoms with E-state index < -0.39 is 0 Å². The van der Waals surface area contributed by atoms with Gasteiger partial charge in [0.15, 0.2) is 0 Å². The molecule has 1 aliphatic rings. The molecule has 0 bridgehead atoms. The number of ether oxygens (including phenoxy) is 1. The van der Waals surface area contributed by atoms with Crippen LogP contribution in [0.15, 0.2) is 30.3 Å². The van der Waals surface area contributed by atoms with Crippen LogP contribution in [0.25, 0.3) is 0 Å². The quantitative estimate of drug-likeness (QED) is 0.705. The molecule has 0 radical (unpaired) electrons. The van der Waals surface area contributed by atoms with Crippen LogP contribution < -0.4 is 5.73 Å². The van der Waals surface area contributed by atoms with Gasteiger partial charge in [-0.3, -0.25) is 0 Å². The van der Waals surface area contributed by atoms with Crippen molar-refractivity contribution in [1.82, 2.24) is 0 Å². The van der Waals surface area contributed by atoms with E-state index in [1.807, 2.05) is 6.07 Å². The van der Waals surface area contributed by atoms with Crippen molar-refractivity contribution in [2.45, 2.75) is 18.4 Å². The van der Waals surface area contributed by atoms with Crippen LogP contribution in [-0.4, -0.2) is 19.3 Å². The van der Waals surface area contributed by atoms with Gasteiger partial charge in [0.25, 0.3) is 0 Å². The minimum Gasteiger partial charge on any atom is -0.381 e. The SMILES string of the molecule is N[C@@H]1CCOC[C@H]1c1ccccc1. The molecule has 0 spiro atoms. The summed E-state index contributed by atoms with van der Waals surface area (Å²) in [6.07, 6.45) is 0.972. The van der Waals surface area contributed by atoms with E-state index in [2.05, 4.69) is 24.3 Å². The Morgan fingerprint density at radius 3 is 2.69 bits per heavy atom. The third kappa shape index (κ3) is 1.90. The van der Waals surface area contributed by atoms with Gasteiger partial charge < -0.3 is 10.5 Å². The van der Waals surface area contributed by atoms with Gasteiger partial charge >= 0.3 is 0 Å². The molecule has 1 saturated heterocycles. The highest BCUT2D eigenvalue weighted by Crippen LogP contribution is 2.23. The highest BCUT2D eigenvalue weighted by molar-refractivity contribution is 5.21. The molecule has 70 valence electrons. The summed E-state index contributed by atoms with van der Waals surface area (Å²) >= 11 is 0. The summed E-state index contributed by atoms with van der Waals surface area (Å²) in [4.78, 5) is 0. The van der Waals surface area contributed by atoms with E-state index in [1.165, 1.54) is 5.56 Å². The summed E-state index contributed by atoms with van der Waals surface area (Å²) in [6, 6.07) is 10.6. The van der Waals surface area contributed by atoms with E-state index in [-0.39, 0.29) is 6.04 Å². The van der Waals surface area contributed by atoms with Crippen molar-refractivity contribution < 1.29 is 4.74 Å². The number of hydrogen-bond donors (Lipinski definition) is 1. The van der Waals surface area contributed by atoms with Crippen LogP contribution in [-0.2, 0) is 4.74 Å². The topological polar surface area (TPSA) is 35.2 Å². The molecule has 0 saturated carbocycles. The number of nitrogens with two attached hydrogens (primary N) is 1. The number of benzene rings is 1. The van der Waals surface area contributed by atoms with Crippen molar-refractivity contribution in [3.05, 3.63) is 35.9 Å². The molecule has 1 fully saturated rings. The van der Waals surface area contributed by atoms with E-state index in [4.69, 9.17) is 10.5 Å². The molecule has 2 atom stereocenters. The summed E-state index contributed by atoms with van der Waals surface area (Å²) in [7, 11) is 0. The summed E-state index contributed by atoms with van der Waals surface area (Å²) in [6.45, 7) is 1.58. The van der Waals surface area contributed by atoms with Gasteiger partial charge in [-0.1, -0.05) is 30.3 Å². The van der Waals surface area contributed by atoms with Gasteiger partial charge in [0.1, 0.15) is 0 Å². The smallest absolute Gasteiger partial charge is 0.0549 e. The summed E-state index contributed by atoms with van der Waals surface area (Å²) < 4.78 is 5.43. The van der Waals surface area contributed by atoms with Crippen LogP contribution >= 0.6 is 0 Å². The highest BCUT2D eigenvalue weighted by Gasteiger charge is 2.23. The molecule has 13 heavy (non-hydrogen) atoms. The van der Waals surface area contributed by atoms with Crippen LogP contribution in [0.3, 0.4) is 0 Å². The number of rotatable bonds is 1. The fraction of sp³-hybridized carbons (Fsp3) is 0.455. The zero-order valence-electron chi connectivity index (χ0n) is 7.65. The number of hydrogen-bond acceptors (Lipinski definition) is 2. The molecule has 0 aromatic heterocycles. The standard InChI is InChI=1S/C11H15NO/c12-11-6-7-13-8-10(11)9-4-2-1-3-5-9/h1-5,10-11H,6-8,12H2/t10-,11+/m0/s1. The van der Waals surface area contributed by atoms with Crippen LogP contribution in [0.5, 0.6) is 0 Å². The molecule has 2 rings (SSSR count). The van der Waals surface area contributed by atoms with Crippen LogP contribution in [0.4, 0.5) is 0 Å². The summed E-state index contributed by atoms with van der Waals surface area (Å²) in [5.41, 5.74) is 7.33. The molecule has 2 nitrogen and oxygen atoms in total. The molecule has 0 amide bonds. The highest BCUT2D eigenvalue weighted by atomic mass is 16.5. The van der Waals surface area contributed by atoms with E-state index in [1.54, 1.807) is 0 Å². The van der Waals surface area contributed by atoms with Crippen LogP contribution in [0, 0.1) is 0 Å². The lowest BCUT2D eigenvalue weighted by atomic mass is 9.89. The van der Waals surface area contributed by atoms with Gasteiger partial charge in [-0.05, 0) is 12.0 Å². The van der Waals surface area contributed by atoms with Gasteiger partial charge in [0, 0.05) is 18.6 Å². The average molecular weight is 177 g/mol. The molecule has 2 N–H and O–H groups in total. The lowest BCUT2D eigenvalue weighted by molar-refractivity contribution is 0.0691. The maximum Gasteiger partial charge on any atom is 0.0549 e. The van der Waals surface area contributed by atoms with Crippen LogP contribution in [0.2, 0.25) is 0 Å². The first kappa shape index (κ1) is 8.73. The van der Waals surface area contributed by atoms with Gasteiger partial charge in [0.05, 0.1) is 6.61 Å². The van der Waals surface area contributed by atoms with Crippen LogP contribution in [0.1, 0.15) is 17.9 Å². The van der Waals surface area contributed by atoms with E-state index >= 15 is 0 Å². The Bertz CT molecular complexity index is 260. The van der Waals surface area contributed by atoms with Gasteiger partial charge in [-0.25, -0.2) is 0 Å². The average Bonchev–Trinajstić information content (AvgIpc) is 2.20. The Morgan fingerprint density at radius 2 is 2.00 bits per heavy atom. The molecule has 1 aliphatic heterocycles. The molecule has 1 aromatic carbocycles. The first-order valence-electron chi connectivity index (χ1n) is 4.76. The van der Waals surface area contributed by atoms with Crippen molar-refractivity contribution in [1.29, 1.82) is 0 Å². The van der Waals surface area contributed by atoms with Crippen molar-refractivity contribution in [3.8, 4) is 0 Å². The maximum atomic E-state index is 6.03. The molecule has 2 heteroatoms. The Balaban J connectivity index is 2.15. The molecule has 1 heterocycles. The molecular weight excluding hydrogens is 162 g/mol. The Kier molecular flexibility index (Phi) is 2.62. The fourth-order valence-corrected chi connectivity index (χ4v) is 1.80. The Hall–Kier alpha value is -0.860. The second-order valence-electron chi connectivity index (χ2n) is 3.54. The molecule has 0 unspecified atom stereocenters. The monoisotopic (exact) mass is 177 g/mol. The van der Waals surface area contributed by atoms with Crippen molar-refractivity contribution in [3.63, 3.8) is 0 Å². The minimum absolute atomic E-state index is 0.260. The largest absolute Gasteiger partial charge is 0.381 e. The van der Waals surface area contributed by atoms with Crippen molar-refractivity contribution in [2.24, 2.45) is 5.73 Å². The first-order chi connectivity index (χ1) is 6.38. The Labute approximate surface area is 78.7 Å². The summed E-state index contributed by atoms with van der Waals surface area (Å²) in [5, 5.41) is 0. The molecule has 0 aliphatic carbocycles. The van der Waals surface area contributed by atoms with Gasteiger partial charge in [-0.15, -0.1) is 0 Å². The lowest BCUT2D eigenvalue weighted by Gasteiger charge is -2.28. The first-order valence-corrected chi connectivity index (χ1v) is 4.76. The van der Waals surface area contributed by atoms with Crippen molar-refractivity contribution >= 4 is 0 Å². The zero-order chi connectivity index (χ0) is 9.10. The van der Waals surface area contributed by atoms with Gasteiger partial charge in [0.2, 0.25) is 0 Å². The predicted molar refractivity (Wildman–Crippen MR) is 52.6 cm³/mol. The van der Waals surface area contributed by atoms with Gasteiger partial charge in [-0.2, -0.15) is 0 Å². The molecular formula is C11H15NO. The predicted octanol–water partition coefficient (Wildman–Crippen LogP) is 1.52. The normalized spacial score (nSPS) is 28.7. The summed E-state index contributed by atoms with van der Waals surface area (Å²) in [5.74, 6) is 0.384. The second-order valence-corrected chi connectivity index (χ2v) is 3.54. The van der Waals surface area contributed by atoms with E-state index in [0.717, 1.165) is 19.6 Å². The Morgan fingerprint density at radius 1 is 1.23 bits per heavy atom. The van der Waals surface area contributed by atoms with E-state index in [0.29, 0.717) is 5.92 Å². The zero-order valence-corrected chi connectivity index (χ0v) is 7.65.